The number of hydrogen-bond donors (Lipinski definition) is 3. The van der Waals surface area contributed by atoms with Crippen molar-refractivity contribution in [3.05, 3.63) is 0 Å². The number of hydrogen-bond acceptors (Lipinski definition) is 10. The predicted molar refractivity (Wildman–Crippen MR) is 83.2 cm³/mol. The molecule has 1 atom stereocenters. The minimum Gasteiger partial charge on any atom is -0.747 e. The van der Waals surface area contributed by atoms with Crippen LogP contribution in [0.25, 0.3) is 0 Å². The minimum absolute atomic E-state index is 0. The smallest absolute Gasteiger partial charge is 0.747 e. The van der Waals surface area contributed by atoms with E-state index in [2.05, 4.69) is 0 Å². The molecule has 3 N–H and O–H groups in total. The Morgan fingerprint density at radius 2 is 1.36 bits per heavy atom. The van der Waals surface area contributed by atoms with Gasteiger partial charge in [-0.25, -0.2) is 21.6 Å². The van der Waals surface area contributed by atoms with Crippen molar-refractivity contribution in [1.29, 1.82) is 0 Å². The van der Waals surface area contributed by atoms with E-state index in [0.29, 0.717) is 0 Å². The van der Waals surface area contributed by atoms with Gasteiger partial charge in [0, 0.05) is 0 Å². The van der Waals surface area contributed by atoms with Gasteiger partial charge in [-0.3, -0.25) is 9.59 Å². The summed E-state index contributed by atoms with van der Waals surface area (Å²) in [5, 5.41) is 5.39. The number of nitrogens with one attached hydrogen (secondary N) is 3. The van der Waals surface area contributed by atoms with Gasteiger partial charge in [0.05, 0.1) is 6.42 Å². The van der Waals surface area contributed by atoms with E-state index < -0.39 is 68.0 Å². The monoisotopic (exact) mass is 463 g/mol. The fourth-order valence-corrected chi connectivity index (χ4v) is 2.03. The van der Waals surface area contributed by atoms with Gasteiger partial charge in [0.2, 0.25) is 11.8 Å². The molecule has 17 heteroatoms. The molecule has 0 rings (SSSR count). The van der Waals surface area contributed by atoms with Gasteiger partial charge < -0.3 is 29.8 Å². The van der Waals surface area contributed by atoms with Gasteiger partial charge >= 0.3 is 65.2 Å². The normalized spacial score (nSPS) is 12.5. The van der Waals surface area contributed by atoms with Crippen molar-refractivity contribution in [3.63, 3.8) is 0 Å². The van der Waals surface area contributed by atoms with Crippen LogP contribution in [0.1, 0.15) is 27.2 Å². The fraction of sp³-hybridized carbons (Fsp3) is 0.727. The van der Waals surface area contributed by atoms with Crippen LogP contribution in [-0.4, -0.2) is 67.2 Å². The van der Waals surface area contributed by atoms with E-state index in [0.717, 1.165) is 0 Å². The molecule has 3 amide bonds. The van der Waals surface area contributed by atoms with E-state index in [1.807, 2.05) is 5.32 Å². The molecule has 0 aromatic heterocycles. The molecule has 0 spiro atoms. The molecule has 152 valence electrons. The van der Waals surface area contributed by atoms with Crippen molar-refractivity contribution >= 4 is 38.1 Å². The summed E-state index contributed by atoms with van der Waals surface area (Å²) >= 11 is 0. The molecule has 0 heterocycles. The Bertz CT molecular complexity index is 749. The van der Waals surface area contributed by atoms with Crippen LogP contribution >= 0.6 is 0 Å². The number of rotatable bonds is 8. The Balaban J connectivity index is -0.00000312. The molecule has 0 saturated carbocycles. The molecular weight excluding hydrogens is 444 g/mol. The van der Waals surface area contributed by atoms with Crippen LogP contribution < -0.4 is 75.1 Å². The first-order chi connectivity index (χ1) is 11.5. The van der Waals surface area contributed by atoms with E-state index in [1.54, 1.807) is 10.6 Å². The Morgan fingerprint density at radius 3 is 1.75 bits per heavy atom. The third-order valence-corrected chi connectivity index (χ3v) is 3.26. The molecule has 0 bridgehead atoms. The summed E-state index contributed by atoms with van der Waals surface area (Å²) in [4.78, 5) is 35.2. The molecule has 0 radical (unpaired) electrons. The summed E-state index contributed by atoms with van der Waals surface area (Å²) in [6.45, 7) is 4.53. The zero-order chi connectivity index (χ0) is 20.8. The molecule has 0 aromatic rings. The van der Waals surface area contributed by atoms with E-state index in [4.69, 9.17) is 4.74 Å². The average molecular weight is 463 g/mol. The summed E-state index contributed by atoms with van der Waals surface area (Å²) < 4.78 is 67.9. The van der Waals surface area contributed by atoms with Crippen LogP contribution in [0.3, 0.4) is 0 Å². The molecule has 1 unspecified atom stereocenters. The third-order valence-electron chi connectivity index (χ3n) is 2.27. The molecule has 0 aliphatic heterocycles. The number of ether oxygens (including phenoxy) is 1. The molecule has 0 aliphatic rings. The maximum absolute atomic E-state index is 11.9. The van der Waals surface area contributed by atoms with Gasteiger partial charge in [0.25, 0.3) is 0 Å². The maximum atomic E-state index is 11.9. The van der Waals surface area contributed by atoms with Gasteiger partial charge in [-0.05, 0) is 20.8 Å². The third kappa shape index (κ3) is 19.4. The second-order valence-corrected chi connectivity index (χ2v) is 8.76. The van der Waals surface area contributed by atoms with E-state index in [1.165, 1.54) is 20.8 Å². The topological polar surface area (TPSA) is 211 Å². The van der Waals surface area contributed by atoms with Crippen LogP contribution in [0.4, 0.5) is 4.79 Å². The van der Waals surface area contributed by atoms with Gasteiger partial charge in [-0.15, -0.1) is 0 Å². The number of carbonyl (C=O) groups is 3. The first-order valence-corrected chi connectivity index (χ1v) is 10.0. The Morgan fingerprint density at radius 1 is 0.929 bits per heavy atom. The molecule has 0 fully saturated rings. The van der Waals surface area contributed by atoms with Crippen molar-refractivity contribution in [3.8, 4) is 0 Å². The number of amides is 3. The minimum atomic E-state index is -4.82. The summed E-state index contributed by atoms with van der Waals surface area (Å²) in [6.07, 6.45) is -1.98. The first-order valence-electron chi connectivity index (χ1n) is 6.89. The second kappa shape index (κ2) is 13.4. The van der Waals surface area contributed by atoms with Crippen molar-refractivity contribution < 1.29 is 104 Å². The van der Waals surface area contributed by atoms with Crippen LogP contribution in [0.2, 0.25) is 0 Å². The van der Waals surface area contributed by atoms with Gasteiger partial charge in [-0.2, -0.15) is 0 Å². The molecule has 0 aromatic carbocycles. The fourth-order valence-electron chi connectivity index (χ4n) is 1.37. The quantitative estimate of drug-likeness (QED) is 0.228. The van der Waals surface area contributed by atoms with Gasteiger partial charge in [-0.1, -0.05) is 0 Å². The van der Waals surface area contributed by atoms with Crippen molar-refractivity contribution in [2.75, 3.05) is 11.8 Å². The van der Waals surface area contributed by atoms with Crippen LogP contribution in [0.15, 0.2) is 0 Å². The van der Waals surface area contributed by atoms with E-state index in [9.17, 15) is 40.3 Å². The molecule has 13 nitrogen and oxygen atoms in total. The maximum Gasteiger partial charge on any atom is 1.00 e. The summed E-state index contributed by atoms with van der Waals surface area (Å²) in [5.41, 5.74) is -0.956. The Labute approximate surface area is 207 Å². The SMILES string of the molecule is CC(C)(C)OC(=O)NC(CC(=O)NCS(=O)(=O)[O-])C(=O)NCS(=O)(=O)[O-].[Na+].[Na+]. The molecule has 28 heavy (non-hydrogen) atoms. The van der Waals surface area contributed by atoms with Crippen molar-refractivity contribution in [1.82, 2.24) is 16.0 Å². The van der Waals surface area contributed by atoms with E-state index >= 15 is 0 Å². The number of carbonyl (C=O) groups excluding carboxylic acids is 3. The average Bonchev–Trinajstić information content (AvgIpc) is 2.38. The summed E-state index contributed by atoms with van der Waals surface area (Å²) in [7, 11) is -9.58. The van der Waals surface area contributed by atoms with Crippen LogP contribution in [0, 0.1) is 0 Å². The van der Waals surface area contributed by atoms with Gasteiger partial charge in [0.15, 0.2) is 0 Å². The summed E-state index contributed by atoms with van der Waals surface area (Å²) in [5.74, 6) is -4.86. The standard InChI is InChI=1S/C11H21N3O10S2.2Na/c1-11(2,3)24-10(17)14-7(9(16)13-6-26(21,22)23)4-8(15)12-5-25(18,19)20;;/h7H,4-6H2,1-3H3,(H,12,15)(H,13,16)(H,14,17)(H,18,19,20)(H,21,22,23);;/q;2*+1/p-2. The molecule has 0 aliphatic carbocycles. The first kappa shape index (κ1) is 32.7. The second-order valence-electron chi connectivity index (χ2n) is 5.95. The zero-order valence-electron chi connectivity index (χ0n) is 16.1. The Hall–Kier alpha value is 0.0300. The Kier molecular flexibility index (Phi) is 15.6. The molecule has 0 saturated heterocycles. The van der Waals surface area contributed by atoms with Crippen molar-refractivity contribution in [2.24, 2.45) is 0 Å². The molecular formula is C11H19N3Na2O10S2. The number of alkyl carbamates (subject to hydrolysis) is 1. The summed E-state index contributed by atoms with van der Waals surface area (Å²) in [6, 6.07) is -1.69. The van der Waals surface area contributed by atoms with Crippen LogP contribution in [-0.2, 0) is 34.6 Å². The largest absolute Gasteiger partial charge is 1.00 e. The van der Waals surface area contributed by atoms with Gasteiger partial charge in [0.1, 0.15) is 43.6 Å². The van der Waals surface area contributed by atoms with Crippen molar-refractivity contribution in [2.45, 2.75) is 38.8 Å². The zero-order valence-corrected chi connectivity index (χ0v) is 21.7. The van der Waals surface area contributed by atoms with E-state index in [-0.39, 0.29) is 59.1 Å². The van der Waals surface area contributed by atoms with Crippen LogP contribution in [0.5, 0.6) is 0 Å². The predicted octanol–water partition coefficient (Wildman–Crippen LogP) is -8.48.